The molecule has 0 aliphatic carbocycles. The second kappa shape index (κ2) is 9.92. The lowest BCUT2D eigenvalue weighted by molar-refractivity contribution is -0.140. The number of amides is 1. The van der Waals surface area contributed by atoms with Crippen LogP contribution in [0.1, 0.15) is 48.4 Å². The number of carboxylic acids is 1. The fourth-order valence-corrected chi connectivity index (χ4v) is 3.97. The number of hydrogen-bond donors (Lipinski definition) is 2. The number of carbonyl (C=O) groups is 3. The molecule has 1 heterocycles. The molecule has 7 heteroatoms. The van der Waals surface area contributed by atoms with Crippen LogP contribution >= 0.6 is 15.9 Å². The summed E-state index contributed by atoms with van der Waals surface area (Å²) in [6.45, 7) is 2.25. The van der Waals surface area contributed by atoms with Crippen LogP contribution in [0.3, 0.4) is 0 Å². The molecule has 1 aliphatic heterocycles. The van der Waals surface area contributed by atoms with Gasteiger partial charge in [-0.3, -0.25) is 14.4 Å². The number of halogens is 1. The van der Waals surface area contributed by atoms with Gasteiger partial charge in [0.25, 0.3) is 11.7 Å². The maximum atomic E-state index is 12.9. The Morgan fingerprint density at radius 3 is 2.23 bits per heavy atom. The predicted octanol–water partition coefficient (Wildman–Crippen LogP) is 4.82. The van der Waals surface area contributed by atoms with Gasteiger partial charge in [-0.25, -0.2) is 0 Å². The van der Waals surface area contributed by atoms with Crippen molar-refractivity contribution in [3.8, 4) is 0 Å². The van der Waals surface area contributed by atoms with Crippen molar-refractivity contribution in [2.24, 2.45) is 0 Å². The number of ketones is 1. The average Bonchev–Trinajstić information content (AvgIpc) is 2.99. The molecular formula is C24H24BrNO5. The Morgan fingerprint density at radius 1 is 0.968 bits per heavy atom. The summed E-state index contributed by atoms with van der Waals surface area (Å²) in [5, 5.41) is 19.8. The zero-order chi connectivity index (χ0) is 22.5. The van der Waals surface area contributed by atoms with Gasteiger partial charge in [-0.2, -0.15) is 0 Å². The summed E-state index contributed by atoms with van der Waals surface area (Å²) in [5.74, 6) is -2.42. The summed E-state index contributed by atoms with van der Waals surface area (Å²) in [7, 11) is 0. The Balaban J connectivity index is 1.96. The van der Waals surface area contributed by atoms with E-state index in [1.165, 1.54) is 4.90 Å². The van der Waals surface area contributed by atoms with Crippen molar-refractivity contribution in [2.75, 3.05) is 6.54 Å². The second-order valence-corrected chi connectivity index (χ2v) is 8.53. The molecule has 2 N–H and O–H groups in total. The van der Waals surface area contributed by atoms with E-state index in [2.05, 4.69) is 15.9 Å². The fourth-order valence-electron chi connectivity index (χ4n) is 3.70. The molecule has 2 aromatic rings. The van der Waals surface area contributed by atoms with E-state index < -0.39 is 23.7 Å². The van der Waals surface area contributed by atoms with E-state index in [0.717, 1.165) is 15.6 Å². The van der Waals surface area contributed by atoms with Crippen LogP contribution in [0.15, 0.2) is 58.6 Å². The SMILES string of the molecule is Cc1ccc(C2C(=C(O)c3ccc(Br)cc3)C(=O)C(=O)N2CCCCCC(=O)O)cc1. The maximum absolute atomic E-state index is 12.9. The monoisotopic (exact) mass is 485 g/mol. The molecule has 0 aromatic heterocycles. The van der Waals surface area contributed by atoms with E-state index in [-0.39, 0.29) is 17.8 Å². The van der Waals surface area contributed by atoms with Gasteiger partial charge >= 0.3 is 5.97 Å². The number of carboxylic acid groups (broad SMARTS) is 1. The summed E-state index contributed by atoms with van der Waals surface area (Å²) < 4.78 is 0.834. The number of nitrogens with zero attached hydrogens (tertiary/aromatic N) is 1. The third kappa shape index (κ3) is 5.22. The number of aliphatic hydroxyl groups excluding tert-OH is 1. The van der Waals surface area contributed by atoms with Crippen LogP contribution < -0.4 is 0 Å². The number of benzene rings is 2. The van der Waals surface area contributed by atoms with Gasteiger partial charge in [0.15, 0.2) is 0 Å². The summed E-state index contributed by atoms with van der Waals surface area (Å²) in [4.78, 5) is 38.0. The molecule has 31 heavy (non-hydrogen) atoms. The van der Waals surface area contributed by atoms with Gasteiger partial charge in [-0.05, 0) is 37.5 Å². The highest BCUT2D eigenvalue weighted by molar-refractivity contribution is 9.10. The van der Waals surface area contributed by atoms with Crippen LogP contribution in [0, 0.1) is 6.92 Å². The first-order chi connectivity index (χ1) is 14.8. The molecule has 6 nitrogen and oxygen atoms in total. The Hall–Kier alpha value is -2.93. The van der Waals surface area contributed by atoms with Gasteiger partial charge in [0, 0.05) is 23.0 Å². The number of aliphatic hydroxyl groups is 1. The van der Waals surface area contributed by atoms with E-state index in [0.29, 0.717) is 31.4 Å². The largest absolute Gasteiger partial charge is 0.507 e. The molecule has 1 aliphatic rings. The van der Waals surface area contributed by atoms with Crippen LogP contribution in [0.4, 0.5) is 0 Å². The maximum Gasteiger partial charge on any atom is 0.303 e. The highest BCUT2D eigenvalue weighted by Gasteiger charge is 2.45. The lowest BCUT2D eigenvalue weighted by Crippen LogP contribution is -2.30. The quantitative estimate of drug-likeness (QED) is 0.241. The van der Waals surface area contributed by atoms with Crippen LogP contribution in [0.25, 0.3) is 5.76 Å². The Labute approximate surface area is 189 Å². The highest BCUT2D eigenvalue weighted by Crippen LogP contribution is 2.39. The second-order valence-electron chi connectivity index (χ2n) is 7.61. The minimum Gasteiger partial charge on any atom is -0.507 e. The number of rotatable bonds is 8. The smallest absolute Gasteiger partial charge is 0.303 e. The first-order valence-electron chi connectivity index (χ1n) is 10.1. The molecule has 2 aromatic carbocycles. The van der Waals surface area contributed by atoms with E-state index >= 15 is 0 Å². The molecule has 1 unspecified atom stereocenters. The van der Waals surface area contributed by atoms with Crippen molar-refractivity contribution in [3.05, 3.63) is 75.3 Å². The molecule has 1 atom stereocenters. The van der Waals surface area contributed by atoms with Gasteiger partial charge in [0.05, 0.1) is 11.6 Å². The number of aryl methyl sites for hydroxylation is 1. The third-order valence-corrected chi connectivity index (χ3v) is 5.87. The van der Waals surface area contributed by atoms with Crippen molar-refractivity contribution in [1.82, 2.24) is 4.90 Å². The Morgan fingerprint density at radius 2 is 1.61 bits per heavy atom. The van der Waals surface area contributed by atoms with E-state index in [1.807, 2.05) is 31.2 Å². The molecule has 162 valence electrons. The van der Waals surface area contributed by atoms with Gasteiger partial charge in [0.2, 0.25) is 0 Å². The van der Waals surface area contributed by atoms with Gasteiger partial charge in [-0.15, -0.1) is 0 Å². The molecule has 1 saturated heterocycles. The molecule has 1 fully saturated rings. The summed E-state index contributed by atoms with van der Waals surface area (Å²) in [6.07, 6.45) is 1.78. The summed E-state index contributed by atoms with van der Waals surface area (Å²) in [5.41, 5.74) is 2.32. The number of likely N-dealkylation sites (tertiary alicyclic amines) is 1. The summed E-state index contributed by atoms with van der Waals surface area (Å²) >= 11 is 3.35. The lowest BCUT2D eigenvalue weighted by Gasteiger charge is -2.25. The fraction of sp³-hybridized carbons (Fsp3) is 0.292. The standard InChI is InChI=1S/C24H24BrNO5/c1-15-6-8-16(9-7-15)21-20(22(29)17-10-12-18(25)13-11-17)23(30)24(31)26(21)14-4-2-3-5-19(27)28/h6-13,21,29H,2-5,14H2,1H3,(H,27,28). The van der Waals surface area contributed by atoms with Crippen LogP contribution in [0.5, 0.6) is 0 Å². The number of carbonyl (C=O) groups excluding carboxylic acids is 2. The Bertz CT molecular complexity index is 1010. The molecule has 0 radical (unpaired) electrons. The van der Waals surface area contributed by atoms with Crippen molar-refractivity contribution < 1.29 is 24.6 Å². The van der Waals surface area contributed by atoms with Gasteiger partial charge in [0.1, 0.15) is 5.76 Å². The van der Waals surface area contributed by atoms with Crippen molar-refractivity contribution in [2.45, 2.75) is 38.6 Å². The van der Waals surface area contributed by atoms with Crippen molar-refractivity contribution in [3.63, 3.8) is 0 Å². The van der Waals surface area contributed by atoms with Gasteiger partial charge in [-0.1, -0.05) is 64.3 Å². The number of Topliss-reactive ketones (excluding diaryl/α,β-unsaturated/α-hetero) is 1. The number of unbranched alkanes of at least 4 members (excludes halogenated alkanes) is 2. The van der Waals surface area contributed by atoms with Gasteiger partial charge < -0.3 is 15.1 Å². The normalized spacial score (nSPS) is 17.9. The topological polar surface area (TPSA) is 94.9 Å². The predicted molar refractivity (Wildman–Crippen MR) is 120 cm³/mol. The first-order valence-corrected chi connectivity index (χ1v) is 10.9. The summed E-state index contributed by atoms with van der Waals surface area (Å²) in [6, 6.07) is 13.7. The minimum atomic E-state index is -0.852. The average molecular weight is 486 g/mol. The molecule has 1 amide bonds. The lowest BCUT2D eigenvalue weighted by atomic mass is 9.94. The molecular weight excluding hydrogens is 462 g/mol. The molecule has 3 rings (SSSR count). The zero-order valence-corrected chi connectivity index (χ0v) is 18.8. The van der Waals surface area contributed by atoms with Crippen LogP contribution in [-0.2, 0) is 14.4 Å². The van der Waals surface area contributed by atoms with E-state index in [4.69, 9.17) is 5.11 Å². The van der Waals surface area contributed by atoms with Crippen LogP contribution in [-0.4, -0.2) is 39.3 Å². The number of hydrogen-bond acceptors (Lipinski definition) is 4. The molecule has 0 saturated carbocycles. The van der Waals surface area contributed by atoms with E-state index in [1.54, 1.807) is 24.3 Å². The zero-order valence-electron chi connectivity index (χ0n) is 17.2. The minimum absolute atomic E-state index is 0.0710. The third-order valence-electron chi connectivity index (χ3n) is 5.34. The number of aliphatic carboxylic acids is 1. The van der Waals surface area contributed by atoms with Crippen molar-refractivity contribution in [1.29, 1.82) is 0 Å². The van der Waals surface area contributed by atoms with Crippen molar-refractivity contribution >= 4 is 39.3 Å². The Kier molecular flexibility index (Phi) is 7.28. The first kappa shape index (κ1) is 22.7. The molecule has 0 spiro atoms. The van der Waals surface area contributed by atoms with Crippen LogP contribution in [0.2, 0.25) is 0 Å². The highest BCUT2D eigenvalue weighted by atomic mass is 79.9. The molecule has 0 bridgehead atoms. The van der Waals surface area contributed by atoms with E-state index in [9.17, 15) is 19.5 Å².